The molecule has 5 aromatic carbocycles. The summed E-state index contributed by atoms with van der Waals surface area (Å²) in [7, 11) is -2.32. The number of benzene rings is 5. The third-order valence-electron chi connectivity index (χ3n) is 6.35. The number of halogens is 3. The maximum Gasteiger partial charge on any atom is 0.488 e. The van der Waals surface area contributed by atoms with Gasteiger partial charge in [0.15, 0.2) is 0 Å². The Morgan fingerprint density at radius 3 is 1.28 bits per heavy atom. The van der Waals surface area contributed by atoms with E-state index in [1.54, 1.807) is 66.7 Å². The van der Waals surface area contributed by atoms with Crippen LogP contribution in [0, 0.1) is 0 Å². The normalized spacial score (nSPS) is 10.7. The fraction of sp³-hybridized carbons (Fsp3) is 0.0909. The average Bonchev–Trinajstić information content (AvgIpc) is 3.13. The molecule has 5 rings (SSSR count). The molecule has 286 valence electrons. The van der Waals surface area contributed by atoms with E-state index < -0.39 is 36.2 Å². The fourth-order valence-corrected chi connectivity index (χ4v) is 6.47. The summed E-state index contributed by atoms with van der Waals surface area (Å²) in [6.07, 6.45) is 0. The first-order chi connectivity index (χ1) is 24.8. The molecule has 0 aliphatic carbocycles. The zero-order valence-corrected chi connectivity index (χ0v) is 34.9. The third kappa shape index (κ3) is 17.1. The van der Waals surface area contributed by atoms with Crippen molar-refractivity contribution in [3.8, 4) is 11.1 Å². The van der Waals surface area contributed by atoms with Gasteiger partial charge in [-0.2, -0.15) is 0 Å². The van der Waals surface area contributed by atoms with Crippen molar-refractivity contribution in [2.45, 2.75) is 14.7 Å². The highest BCUT2D eigenvalue weighted by Gasteiger charge is 2.12. The summed E-state index contributed by atoms with van der Waals surface area (Å²) in [5.41, 5.74) is 19.1. The molecule has 0 spiro atoms. The van der Waals surface area contributed by atoms with Gasteiger partial charge in [-0.25, -0.2) is 34.7 Å². The van der Waals surface area contributed by atoms with Gasteiger partial charge in [0, 0.05) is 31.0 Å². The molecule has 10 N–H and O–H groups in total. The van der Waals surface area contributed by atoms with Crippen LogP contribution in [0.2, 0.25) is 0 Å². The smallest absolute Gasteiger partial charge is 0.423 e. The lowest BCUT2D eigenvalue weighted by atomic mass is 9.80. The van der Waals surface area contributed by atoms with Gasteiger partial charge in [-0.15, -0.1) is 0 Å². The molecule has 0 heterocycles. The molecule has 0 unspecified atom stereocenters. The van der Waals surface area contributed by atoms with Gasteiger partial charge in [0.05, 0.1) is 14.7 Å². The van der Waals surface area contributed by atoms with E-state index in [0.29, 0.717) is 16.8 Å². The van der Waals surface area contributed by atoms with E-state index in [2.05, 4.69) is 47.0 Å². The number of hydrogen-bond acceptors (Lipinski definition) is 11. The summed E-state index contributed by atoms with van der Waals surface area (Å²) in [6, 6.07) is 33.2. The molecule has 0 aromatic heterocycles. The van der Waals surface area contributed by atoms with Crippen LogP contribution in [0.25, 0.3) is 11.1 Å². The van der Waals surface area contributed by atoms with Crippen LogP contribution in [-0.2, 0) is 29.1 Å². The summed E-state index contributed by atoms with van der Waals surface area (Å²) in [6.45, 7) is 0. The number of nitrogen functional groups attached to an aromatic ring is 2. The van der Waals surface area contributed by atoms with Crippen molar-refractivity contribution in [1.82, 2.24) is 9.44 Å². The molecule has 13 nitrogen and oxygen atoms in total. The predicted octanol–water partition coefficient (Wildman–Crippen LogP) is 4.10. The molecule has 0 radical (unpaired) electrons. The topological polar surface area (TPSA) is 245 Å². The number of nitrogens with two attached hydrogens (primary N) is 3. The zero-order chi connectivity index (χ0) is 40.4. The second-order valence-corrected chi connectivity index (χ2v) is 18.1. The Hall–Kier alpha value is -3.34. The molecule has 0 saturated heterocycles. The minimum atomic E-state index is -3.57. The van der Waals surface area contributed by atoms with E-state index in [9.17, 15) is 25.3 Å². The number of nitrogens with one attached hydrogen (secondary N) is 2. The molecule has 0 amide bonds. The molecule has 0 aliphatic heterocycles. The first kappa shape index (κ1) is 47.7. The van der Waals surface area contributed by atoms with Crippen molar-refractivity contribution >= 4 is 95.6 Å². The molecular weight excluding hydrogens is 897 g/mol. The molecule has 0 saturated carbocycles. The summed E-state index contributed by atoms with van der Waals surface area (Å²) in [5, 5.41) is 17.3. The number of anilines is 2. The molecule has 0 atom stereocenters. The molecule has 0 bridgehead atoms. The predicted molar refractivity (Wildman–Crippen MR) is 221 cm³/mol. The zero-order valence-electron chi connectivity index (χ0n) is 28.6. The van der Waals surface area contributed by atoms with E-state index in [1.165, 1.54) is 51.5 Å². The lowest BCUT2D eigenvalue weighted by Gasteiger charge is -2.05. The molecule has 53 heavy (non-hydrogen) atoms. The minimum absolute atomic E-state index is 0.113. The molecule has 5 aromatic rings. The number of sulfonamides is 2. The van der Waals surface area contributed by atoms with Crippen molar-refractivity contribution in [2.75, 3.05) is 32.6 Å². The highest BCUT2D eigenvalue weighted by Crippen LogP contribution is 2.23. The van der Waals surface area contributed by atoms with Crippen molar-refractivity contribution in [3.63, 3.8) is 0 Å². The number of rotatable bonds is 7. The van der Waals surface area contributed by atoms with Gasteiger partial charge in [-0.05, 0) is 123 Å². The van der Waals surface area contributed by atoms with Gasteiger partial charge in [0.2, 0.25) is 20.0 Å². The van der Waals surface area contributed by atoms with Gasteiger partial charge in [-0.1, -0.05) is 68.3 Å². The van der Waals surface area contributed by atoms with Crippen LogP contribution in [0.4, 0.5) is 11.4 Å². The van der Waals surface area contributed by atoms with E-state index in [1.807, 2.05) is 24.3 Å². The highest BCUT2D eigenvalue weighted by atomic mass is 79.9. The van der Waals surface area contributed by atoms with Crippen molar-refractivity contribution in [3.05, 3.63) is 130 Å². The summed E-state index contributed by atoms with van der Waals surface area (Å²) >= 11 is 6.39. The van der Waals surface area contributed by atoms with Crippen molar-refractivity contribution in [2.24, 2.45) is 5.73 Å². The van der Waals surface area contributed by atoms with E-state index in [-0.39, 0.29) is 14.7 Å². The Morgan fingerprint density at radius 1 is 0.566 bits per heavy atom. The van der Waals surface area contributed by atoms with Gasteiger partial charge in [0.1, 0.15) is 0 Å². The van der Waals surface area contributed by atoms with Crippen molar-refractivity contribution in [1.29, 1.82) is 0 Å². The highest BCUT2D eigenvalue weighted by molar-refractivity contribution is 9.10. The lowest BCUT2D eigenvalue weighted by molar-refractivity contribution is 0.426. The summed E-state index contributed by atoms with van der Waals surface area (Å²) < 4.78 is 73.1. The Morgan fingerprint density at radius 2 is 0.943 bits per heavy atom. The standard InChI is InChI=1S/C13H14N2O2S.C7H8BrNO2S.C6H8BNO2.C6H4BrClO2S.CH5N/c1-15-18(16,17)13-7-5-10(6-8-13)11-3-2-4-12(14)9-11;1-9-12(10,11)7-4-2-6(8)3-5-7;8-6-3-1-2-5(4-6)7(9)10;7-5-1-3-6(4-2-5)11(8,9)10;1-2/h2-9,15H,14H2,1H3;2-5,9H,1H3;1-4,9-10H,8H2;1-4H;2H2,1H3. The SMILES string of the molecule is CN.CNS(=O)(=O)c1ccc(-c2cccc(N)c2)cc1.CNS(=O)(=O)c1ccc(Br)cc1.Nc1cccc(B(O)O)c1.O=S(=O)(Cl)c1ccc(Br)cc1. The van der Waals surface area contributed by atoms with E-state index in [0.717, 1.165) is 20.1 Å². The maximum atomic E-state index is 11.6. The van der Waals surface area contributed by atoms with Crippen LogP contribution in [0.5, 0.6) is 0 Å². The third-order valence-corrected chi connectivity index (χ3v) is 11.6. The van der Waals surface area contributed by atoms with Crippen molar-refractivity contribution < 1.29 is 35.3 Å². The first-order valence-corrected chi connectivity index (χ1v) is 21.7. The Labute approximate surface area is 332 Å². The van der Waals surface area contributed by atoms with Crippen LogP contribution in [0.1, 0.15) is 0 Å². The molecule has 0 aliphatic rings. The van der Waals surface area contributed by atoms with E-state index in [4.69, 9.17) is 32.2 Å². The summed E-state index contributed by atoms with van der Waals surface area (Å²) in [5.74, 6) is 0. The second kappa shape index (κ2) is 22.8. The average molecular weight is 936 g/mol. The van der Waals surface area contributed by atoms with Crippen LogP contribution < -0.4 is 32.1 Å². The Bertz CT molecular complexity index is 2200. The van der Waals surface area contributed by atoms with Crippen LogP contribution in [-0.4, -0.2) is 63.6 Å². The Balaban J connectivity index is 0.000000358. The van der Waals surface area contributed by atoms with Crippen LogP contribution >= 0.6 is 42.5 Å². The second-order valence-electron chi connectivity index (χ2n) is 9.95. The van der Waals surface area contributed by atoms with Crippen LogP contribution in [0.3, 0.4) is 0 Å². The lowest BCUT2D eigenvalue weighted by Crippen LogP contribution is -2.29. The van der Waals surface area contributed by atoms with Gasteiger partial charge < -0.3 is 27.2 Å². The fourth-order valence-electron chi connectivity index (χ4n) is 3.71. The Kier molecular flexibility index (Phi) is 20.5. The van der Waals surface area contributed by atoms with E-state index >= 15 is 0 Å². The van der Waals surface area contributed by atoms with Crippen LogP contribution in [0.15, 0.2) is 145 Å². The van der Waals surface area contributed by atoms with Gasteiger partial charge >= 0.3 is 7.12 Å². The minimum Gasteiger partial charge on any atom is -0.423 e. The first-order valence-electron chi connectivity index (χ1n) is 14.9. The molecule has 0 fully saturated rings. The largest absolute Gasteiger partial charge is 0.488 e. The maximum absolute atomic E-state index is 11.6. The van der Waals surface area contributed by atoms with Gasteiger partial charge in [-0.3, -0.25) is 0 Å². The number of hydrogen-bond donors (Lipinski definition) is 7. The quantitative estimate of drug-likeness (QED) is 0.0696. The summed E-state index contributed by atoms with van der Waals surface area (Å²) in [4.78, 5) is 0.633. The molecule has 20 heteroatoms. The van der Waals surface area contributed by atoms with Gasteiger partial charge in [0.25, 0.3) is 9.05 Å². The molecular formula is C33H39BBr2ClN5O8S3. The monoisotopic (exact) mass is 933 g/mol.